The van der Waals surface area contributed by atoms with Crippen molar-refractivity contribution in [3.05, 3.63) is 0 Å². The third kappa shape index (κ3) is 7.36. The number of amides is 2. The summed E-state index contributed by atoms with van der Waals surface area (Å²) in [5, 5.41) is 0. The molecule has 3 aliphatic heterocycles. The van der Waals surface area contributed by atoms with E-state index in [1.807, 2.05) is 62.3 Å². The first-order chi connectivity index (χ1) is 17.4. The zero-order valence-corrected chi connectivity index (χ0v) is 27.0. The lowest BCUT2D eigenvalue weighted by atomic mass is 9.70. The van der Waals surface area contributed by atoms with Crippen molar-refractivity contribution in [1.29, 1.82) is 0 Å². The molecule has 8 nitrogen and oxygen atoms in total. The SMILES string of the molecule is CC.CCC1(P)OCC2(CO1)COC(CC)(OC(C)(C)CC(C)(C)N1C(=O)CC(C)(C(C)C)CC1=O)OC2. The summed E-state index contributed by atoms with van der Waals surface area (Å²) >= 11 is 0. The van der Waals surface area contributed by atoms with Crippen LogP contribution in [0.15, 0.2) is 0 Å². The van der Waals surface area contributed by atoms with E-state index in [1.165, 1.54) is 4.90 Å². The van der Waals surface area contributed by atoms with E-state index in [0.717, 1.165) is 6.42 Å². The number of carbonyl (C=O) groups excluding carboxylic acids is 2. The Bertz CT molecular complexity index is 805. The first-order valence-corrected chi connectivity index (χ1v) is 14.9. The Morgan fingerprint density at radius 3 is 1.74 bits per heavy atom. The Labute approximate surface area is 233 Å². The van der Waals surface area contributed by atoms with Crippen LogP contribution in [0.5, 0.6) is 0 Å². The number of likely N-dealkylation sites (tertiary alicyclic amines) is 1. The molecule has 9 heteroatoms. The van der Waals surface area contributed by atoms with Gasteiger partial charge in [-0.3, -0.25) is 14.5 Å². The molecule has 0 aromatic rings. The highest BCUT2D eigenvalue weighted by molar-refractivity contribution is 7.18. The van der Waals surface area contributed by atoms with Gasteiger partial charge in [-0.25, -0.2) is 0 Å². The minimum atomic E-state index is -1.21. The van der Waals surface area contributed by atoms with E-state index in [4.69, 9.17) is 23.7 Å². The van der Waals surface area contributed by atoms with Gasteiger partial charge in [0.15, 0.2) is 5.53 Å². The molecule has 0 aromatic heterocycles. The number of imide groups is 1. The van der Waals surface area contributed by atoms with E-state index in [1.54, 1.807) is 0 Å². The molecule has 0 N–H and O–H groups in total. The average molecular weight is 560 g/mol. The molecule has 3 rings (SSSR count). The van der Waals surface area contributed by atoms with E-state index in [-0.39, 0.29) is 28.6 Å². The third-order valence-corrected chi connectivity index (χ3v) is 9.01. The summed E-state index contributed by atoms with van der Waals surface area (Å²) < 4.78 is 30.9. The monoisotopic (exact) mass is 559 g/mol. The van der Waals surface area contributed by atoms with Gasteiger partial charge in [0.1, 0.15) is 0 Å². The lowest BCUT2D eigenvalue weighted by Crippen LogP contribution is -2.61. The van der Waals surface area contributed by atoms with E-state index < -0.39 is 22.6 Å². The third-order valence-electron chi connectivity index (χ3n) is 8.27. The second-order valence-corrected chi connectivity index (χ2v) is 13.9. The number of hydrogen-bond acceptors (Lipinski definition) is 7. The largest absolute Gasteiger partial charge is 0.346 e. The predicted molar refractivity (Wildman–Crippen MR) is 151 cm³/mol. The molecule has 3 fully saturated rings. The Balaban J connectivity index is 0.00000247. The minimum Gasteiger partial charge on any atom is -0.346 e. The van der Waals surface area contributed by atoms with Crippen LogP contribution in [-0.4, -0.2) is 65.8 Å². The molecule has 3 heterocycles. The highest BCUT2D eigenvalue weighted by atomic mass is 31.0. The molecular formula is C29H54NO7P. The van der Waals surface area contributed by atoms with Gasteiger partial charge in [0, 0.05) is 31.2 Å². The van der Waals surface area contributed by atoms with Crippen molar-refractivity contribution in [2.75, 3.05) is 26.4 Å². The van der Waals surface area contributed by atoms with Gasteiger partial charge >= 0.3 is 0 Å². The Morgan fingerprint density at radius 1 is 0.895 bits per heavy atom. The molecule has 1 atom stereocenters. The topological polar surface area (TPSA) is 83.5 Å². The maximum absolute atomic E-state index is 13.2. The minimum absolute atomic E-state index is 0.116. The van der Waals surface area contributed by atoms with Crippen molar-refractivity contribution < 1.29 is 33.3 Å². The number of ether oxygens (including phenoxy) is 5. The fourth-order valence-electron chi connectivity index (χ4n) is 5.66. The van der Waals surface area contributed by atoms with Crippen LogP contribution in [0, 0.1) is 16.7 Å². The number of piperidine rings is 1. The lowest BCUT2D eigenvalue weighted by molar-refractivity contribution is -0.454. The van der Waals surface area contributed by atoms with Crippen molar-refractivity contribution >= 4 is 21.1 Å². The van der Waals surface area contributed by atoms with Gasteiger partial charge in [-0.15, -0.1) is 0 Å². The van der Waals surface area contributed by atoms with Crippen LogP contribution < -0.4 is 0 Å². The lowest BCUT2D eigenvalue weighted by Gasteiger charge is -2.52. The second kappa shape index (κ2) is 12.1. The molecule has 0 saturated carbocycles. The first kappa shape index (κ1) is 33.6. The summed E-state index contributed by atoms with van der Waals surface area (Å²) in [5.74, 6) is -1.19. The molecule has 1 unspecified atom stereocenters. The van der Waals surface area contributed by atoms with E-state index in [2.05, 4.69) is 23.1 Å². The van der Waals surface area contributed by atoms with Gasteiger partial charge < -0.3 is 23.7 Å². The van der Waals surface area contributed by atoms with Gasteiger partial charge in [-0.1, -0.05) is 57.7 Å². The number of hydrogen-bond donors (Lipinski definition) is 0. The van der Waals surface area contributed by atoms with Crippen molar-refractivity contribution in [1.82, 2.24) is 4.90 Å². The highest BCUT2D eigenvalue weighted by Gasteiger charge is 2.53. The Morgan fingerprint density at radius 2 is 1.34 bits per heavy atom. The predicted octanol–water partition coefficient (Wildman–Crippen LogP) is 5.87. The van der Waals surface area contributed by atoms with Gasteiger partial charge in [0.05, 0.1) is 37.4 Å². The standard InChI is InChI=1S/C27H48NO7P.C2H6/c1-10-26(31-15-25(16-32-26)17-33-27(36,11-2)34-18-25)35-23(7,8)14-22(5,6)28-20(29)12-24(9,19(3)4)13-21(28)30;1-2/h19H,10-18,36H2,1-9H3;1-2H3. The smallest absolute Gasteiger partial charge is 0.283 e. The van der Waals surface area contributed by atoms with Crippen LogP contribution in [0.3, 0.4) is 0 Å². The molecule has 0 radical (unpaired) electrons. The zero-order valence-electron chi connectivity index (χ0n) is 25.8. The van der Waals surface area contributed by atoms with Gasteiger partial charge in [-0.2, -0.15) is 0 Å². The van der Waals surface area contributed by atoms with E-state index in [0.29, 0.717) is 52.1 Å². The van der Waals surface area contributed by atoms with E-state index >= 15 is 0 Å². The van der Waals surface area contributed by atoms with Crippen LogP contribution in [0.25, 0.3) is 0 Å². The maximum Gasteiger partial charge on any atom is 0.283 e. The molecule has 222 valence electrons. The number of nitrogens with zero attached hydrogens (tertiary/aromatic N) is 1. The first-order valence-electron chi connectivity index (χ1n) is 14.3. The normalized spacial score (nSPS) is 32.4. The fourth-order valence-corrected chi connectivity index (χ4v) is 5.83. The summed E-state index contributed by atoms with van der Waals surface area (Å²) in [4.78, 5) is 27.8. The highest BCUT2D eigenvalue weighted by Crippen LogP contribution is 2.45. The Hall–Kier alpha value is -0.630. The quantitative estimate of drug-likeness (QED) is 0.272. The summed E-state index contributed by atoms with van der Waals surface area (Å²) in [6.45, 7) is 23.7. The number of carbonyl (C=O) groups is 2. The second-order valence-electron chi connectivity index (χ2n) is 13.0. The van der Waals surface area contributed by atoms with Gasteiger partial charge in [-0.05, 0) is 45.4 Å². The van der Waals surface area contributed by atoms with Crippen molar-refractivity contribution in [2.45, 2.75) is 131 Å². The summed E-state index contributed by atoms with van der Waals surface area (Å²) in [6, 6.07) is 0. The molecule has 0 aliphatic carbocycles. The van der Waals surface area contributed by atoms with Gasteiger partial charge in [0.25, 0.3) is 5.97 Å². The fraction of sp³-hybridized carbons (Fsp3) is 0.931. The molecule has 0 aromatic carbocycles. The molecular weight excluding hydrogens is 505 g/mol. The Kier molecular flexibility index (Phi) is 10.7. The van der Waals surface area contributed by atoms with Crippen LogP contribution in [0.1, 0.15) is 108 Å². The van der Waals surface area contributed by atoms with Crippen LogP contribution >= 0.6 is 9.24 Å². The van der Waals surface area contributed by atoms with Crippen LogP contribution in [-0.2, 0) is 33.3 Å². The van der Waals surface area contributed by atoms with Crippen molar-refractivity contribution in [3.8, 4) is 0 Å². The maximum atomic E-state index is 13.2. The average Bonchev–Trinajstić information content (AvgIpc) is 2.82. The molecule has 2 amide bonds. The van der Waals surface area contributed by atoms with Crippen molar-refractivity contribution in [2.24, 2.45) is 16.7 Å². The zero-order chi connectivity index (χ0) is 29.2. The molecule has 3 aliphatic rings. The summed E-state index contributed by atoms with van der Waals surface area (Å²) in [6.07, 6.45) is 2.40. The summed E-state index contributed by atoms with van der Waals surface area (Å²) in [5.41, 5.74) is -2.80. The van der Waals surface area contributed by atoms with Gasteiger partial charge in [0.2, 0.25) is 11.8 Å². The molecule has 38 heavy (non-hydrogen) atoms. The molecule has 3 saturated heterocycles. The van der Waals surface area contributed by atoms with Crippen LogP contribution in [0.4, 0.5) is 0 Å². The van der Waals surface area contributed by atoms with Crippen molar-refractivity contribution in [3.63, 3.8) is 0 Å². The summed E-state index contributed by atoms with van der Waals surface area (Å²) in [7, 11) is 2.64. The number of rotatable bonds is 8. The molecule has 0 bridgehead atoms. The van der Waals surface area contributed by atoms with E-state index in [9.17, 15) is 9.59 Å². The van der Waals surface area contributed by atoms with Crippen LogP contribution in [0.2, 0.25) is 0 Å². The molecule has 1 spiro atoms.